The average molecular weight is 692 g/mol. The Kier molecular flexibility index (Phi) is 11.7. The fourth-order valence-electron chi connectivity index (χ4n) is 5.87. The molecule has 5 rings (SSSR count). The highest BCUT2D eigenvalue weighted by atomic mass is 35.5. The molecule has 11 heteroatoms. The van der Waals surface area contributed by atoms with Gasteiger partial charge in [0, 0.05) is 24.0 Å². The number of ether oxygens (including phenoxy) is 1. The molecular formula is C37H39ClFN3O5S. The van der Waals surface area contributed by atoms with Crippen LogP contribution >= 0.6 is 11.6 Å². The molecule has 0 heterocycles. The molecule has 0 saturated heterocycles. The van der Waals surface area contributed by atoms with Crippen LogP contribution in [0.4, 0.5) is 10.1 Å². The number of hydrogen-bond donors (Lipinski definition) is 1. The van der Waals surface area contributed by atoms with Crippen LogP contribution in [0.15, 0.2) is 108 Å². The Labute approximate surface area is 286 Å². The minimum Gasteiger partial charge on any atom is -0.494 e. The van der Waals surface area contributed by atoms with Crippen LogP contribution in [0.25, 0.3) is 0 Å². The van der Waals surface area contributed by atoms with Gasteiger partial charge in [-0.25, -0.2) is 12.8 Å². The Morgan fingerprint density at radius 2 is 1.56 bits per heavy atom. The second kappa shape index (κ2) is 16.1. The number of sulfonamides is 1. The van der Waals surface area contributed by atoms with Crippen molar-refractivity contribution in [3.8, 4) is 5.75 Å². The summed E-state index contributed by atoms with van der Waals surface area (Å²) in [6.45, 7) is 1.52. The Morgan fingerprint density at radius 1 is 0.917 bits per heavy atom. The van der Waals surface area contributed by atoms with Gasteiger partial charge in [0.2, 0.25) is 11.8 Å². The molecular weight excluding hydrogens is 653 g/mol. The smallest absolute Gasteiger partial charge is 0.264 e. The molecule has 0 spiro atoms. The number of anilines is 1. The van der Waals surface area contributed by atoms with Crippen molar-refractivity contribution >= 4 is 39.1 Å². The highest BCUT2D eigenvalue weighted by molar-refractivity contribution is 7.92. The average Bonchev–Trinajstić information content (AvgIpc) is 3.60. The maximum atomic E-state index is 14.6. The molecule has 0 unspecified atom stereocenters. The van der Waals surface area contributed by atoms with E-state index in [1.165, 1.54) is 41.3 Å². The minimum absolute atomic E-state index is 0.0104. The van der Waals surface area contributed by atoms with E-state index >= 15 is 0 Å². The molecule has 0 aliphatic heterocycles. The molecule has 8 nitrogen and oxygen atoms in total. The zero-order valence-corrected chi connectivity index (χ0v) is 28.3. The maximum Gasteiger partial charge on any atom is 0.264 e. The topological polar surface area (TPSA) is 96.0 Å². The molecule has 1 N–H and O–H groups in total. The molecule has 1 fully saturated rings. The first-order chi connectivity index (χ1) is 23.2. The van der Waals surface area contributed by atoms with Gasteiger partial charge in [-0.2, -0.15) is 0 Å². The molecule has 1 atom stereocenters. The van der Waals surface area contributed by atoms with E-state index in [0.717, 1.165) is 47.7 Å². The van der Waals surface area contributed by atoms with Gasteiger partial charge in [0.05, 0.1) is 17.2 Å². The predicted octanol–water partition coefficient (Wildman–Crippen LogP) is 6.77. The molecule has 1 saturated carbocycles. The summed E-state index contributed by atoms with van der Waals surface area (Å²) in [5.74, 6) is -1.02. The molecule has 0 radical (unpaired) electrons. The number of halogens is 2. The van der Waals surface area contributed by atoms with Gasteiger partial charge in [-0.15, -0.1) is 0 Å². The number of amides is 2. The largest absolute Gasteiger partial charge is 0.494 e. The van der Waals surface area contributed by atoms with Crippen molar-refractivity contribution in [2.45, 2.75) is 62.6 Å². The normalized spacial score (nSPS) is 13.9. The molecule has 1 aliphatic carbocycles. The van der Waals surface area contributed by atoms with Crippen molar-refractivity contribution in [3.05, 3.63) is 125 Å². The molecule has 4 aromatic rings. The Hall–Kier alpha value is -4.41. The molecule has 1 aliphatic rings. The third-order valence-corrected chi connectivity index (χ3v) is 10.5. The van der Waals surface area contributed by atoms with Crippen LogP contribution in [0.5, 0.6) is 5.75 Å². The van der Waals surface area contributed by atoms with Crippen LogP contribution in [0, 0.1) is 5.82 Å². The van der Waals surface area contributed by atoms with E-state index in [0.29, 0.717) is 22.9 Å². The predicted molar refractivity (Wildman–Crippen MR) is 185 cm³/mol. The summed E-state index contributed by atoms with van der Waals surface area (Å²) in [6, 6.07) is 26.1. The number of nitrogens with zero attached hydrogens (tertiary/aromatic N) is 2. The van der Waals surface area contributed by atoms with E-state index in [-0.39, 0.29) is 35.5 Å². The summed E-state index contributed by atoms with van der Waals surface area (Å²) in [5.41, 5.74) is 1.52. The monoisotopic (exact) mass is 691 g/mol. The second-order valence-electron chi connectivity index (χ2n) is 11.7. The third-order valence-electron chi connectivity index (χ3n) is 8.39. The van der Waals surface area contributed by atoms with Crippen LogP contribution in [0.2, 0.25) is 5.02 Å². The molecule has 252 valence electrons. The van der Waals surface area contributed by atoms with Gasteiger partial charge >= 0.3 is 0 Å². The van der Waals surface area contributed by atoms with Crippen molar-refractivity contribution in [2.75, 3.05) is 17.5 Å². The van der Waals surface area contributed by atoms with Crippen molar-refractivity contribution in [1.29, 1.82) is 0 Å². The first-order valence-corrected chi connectivity index (χ1v) is 17.9. The highest BCUT2D eigenvalue weighted by Crippen LogP contribution is 2.28. The molecule has 4 aromatic carbocycles. The van der Waals surface area contributed by atoms with Crippen molar-refractivity contribution in [1.82, 2.24) is 10.2 Å². The number of benzene rings is 4. The van der Waals surface area contributed by atoms with Gasteiger partial charge in [-0.3, -0.25) is 13.9 Å². The van der Waals surface area contributed by atoms with Crippen LogP contribution in [0.1, 0.15) is 43.7 Å². The fourth-order valence-corrected chi connectivity index (χ4v) is 7.48. The SMILES string of the molecule is CCOc1ccc(S(=O)(=O)N(CC(=O)N(Cc2ccccc2Cl)[C@H](Cc2ccccc2)C(=O)NC2CCCC2)c2ccc(F)cc2)cc1. The van der Waals surface area contributed by atoms with Crippen LogP contribution in [-0.4, -0.2) is 50.4 Å². The maximum absolute atomic E-state index is 14.6. The molecule has 48 heavy (non-hydrogen) atoms. The van der Waals surface area contributed by atoms with E-state index in [4.69, 9.17) is 16.3 Å². The van der Waals surface area contributed by atoms with E-state index in [9.17, 15) is 22.4 Å². The quantitative estimate of drug-likeness (QED) is 0.158. The van der Waals surface area contributed by atoms with E-state index in [2.05, 4.69) is 5.32 Å². The summed E-state index contributed by atoms with van der Waals surface area (Å²) in [6.07, 6.45) is 3.90. The first-order valence-electron chi connectivity index (χ1n) is 16.0. The van der Waals surface area contributed by atoms with Gasteiger partial charge in [-0.1, -0.05) is 73.0 Å². The first kappa shape index (κ1) is 34.9. The molecule has 0 aromatic heterocycles. The summed E-state index contributed by atoms with van der Waals surface area (Å²) < 4.78 is 48.8. The number of rotatable bonds is 14. The summed E-state index contributed by atoms with van der Waals surface area (Å²) in [7, 11) is -4.35. The van der Waals surface area contributed by atoms with Crippen LogP contribution in [-0.2, 0) is 32.6 Å². The van der Waals surface area contributed by atoms with Crippen molar-refractivity contribution in [3.63, 3.8) is 0 Å². The molecule has 0 bridgehead atoms. The van der Waals surface area contributed by atoms with Gasteiger partial charge in [0.15, 0.2) is 0 Å². The zero-order valence-electron chi connectivity index (χ0n) is 26.7. The zero-order chi connectivity index (χ0) is 34.1. The summed E-state index contributed by atoms with van der Waals surface area (Å²) in [5, 5.41) is 3.55. The lowest BCUT2D eigenvalue weighted by Crippen LogP contribution is -2.54. The Bertz CT molecular complexity index is 1780. The van der Waals surface area contributed by atoms with Gasteiger partial charge in [0.25, 0.3) is 10.0 Å². The standard InChI is InChI=1S/C37H39ClFN3O5S/c1-2-47-32-20-22-33(23-21-32)48(45,46)42(31-18-16-29(39)17-19-31)26-36(43)41(25-28-12-6-9-15-34(28)38)35(24-27-10-4-3-5-11-27)37(44)40-30-13-7-8-14-30/h3-6,9-12,15-23,30,35H,2,7-8,13-14,24-26H2,1H3,(H,40,44)/t35-/m1/s1. The minimum atomic E-state index is -4.35. The van der Waals surface area contributed by atoms with Gasteiger partial charge < -0.3 is 15.0 Å². The Balaban J connectivity index is 1.56. The fraction of sp³-hybridized carbons (Fsp3) is 0.297. The third kappa shape index (κ3) is 8.73. The number of carbonyl (C=O) groups is 2. The van der Waals surface area contributed by atoms with Crippen LogP contribution in [0.3, 0.4) is 0 Å². The summed E-state index contributed by atoms with van der Waals surface area (Å²) >= 11 is 6.57. The van der Waals surface area contributed by atoms with Gasteiger partial charge in [-0.05, 0) is 85.5 Å². The highest BCUT2D eigenvalue weighted by Gasteiger charge is 2.36. The van der Waals surface area contributed by atoms with Crippen LogP contribution < -0.4 is 14.4 Å². The Morgan fingerprint density at radius 3 is 2.21 bits per heavy atom. The van der Waals surface area contributed by atoms with E-state index in [1.807, 2.05) is 37.3 Å². The lowest BCUT2D eigenvalue weighted by molar-refractivity contribution is -0.140. The van der Waals surface area contributed by atoms with E-state index < -0.39 is 34.3 Å². The second-order valence-corrected chi connectivity index (χ2v) is 14.0. The van der Waals surface area contributed by atoms with Crippen molar-refractivity contribution < 1.29 is 27.1 Å². The lowest BCUT2D eigenvalue weighted by atomic mass is 10.0. The lowest BCUT2D eigenvalue weighted by Gasteiger charge is -2.34. The number of carbonyl (C=O) groups excluding carboxylic acids is 2. The van der Waals surface area contributed by atoms with Crippen molar-refractivity contribution in [2.24, 2.45) is 0 Å². The summed E-state index contributed by atoms with van der Waals surface area (Å²) in [4.78, 5) is 30.0. The van der Waals surface area contributed by atoms with E-state index in [1.54, 1.807) is 24.3 Å². The molecule has 2 amide bonds. The number of hydrogen-bond acceptors (Lipinski definition) is 5. The van der Waals surface area contributed by atoms with Gasteiger partial charge in [0.1, 0.15) is 24.2 Å². The number of nitrogens with one attached hydrogen (secondary N) is 1.